The molecule has 18 heavy (non-hydrogen) atoms. The molecule has 0 amide bonds. The molecule has 0 heterocycles. The van der Waals surface area contributed by atoms with E-state index in [9.17, 15) is 8.77 Å². The lowest BCUT2D eigenvalue weighted by Crippen LogP contribution is -1.92. The zero-order valence-electron chi connectivity index (χ0n) is 10.6. The Balaban J connectivity index is 2.81. The van der Waals surface area contributed by atoms with Crippen molar-refractivity contribution in [3.63, 3.8) is 0 Å². The molecule has 1 rings (SSSR count). The third-order valence-corrected chi connectivity index (χ3v) is 6.67. The third kappa shape index (κ3) is 4.86. The van der Waals surface area contributed by atoms with Crippen LogP contribution in [0.3, 0.4) is 0 Å². The van der Waals surface area contributed by atoms with E-state index in [-0.39, 0.29) is 0 Å². The lowest BCUT2D eigenvalue weighted by atomic mass is 10.4. The van der Waals surface area contributed by atoms with Gasteiger partial charge in [-0.05, 0) is 49.5 Å². The number of hydrogen-bond acceptors (Lipinski definition) is 5. The van der Waals surface area contributed by atoms with E-state index in [0.29, 0.717) is 13.2 Å². The smallest absolute Gasteiger partial charge is 0.301 e. The Morgan fingerprint density at radius 2 is 1.67 bits per heavy atom. The first-order valence-corrected chi connectivity index (χ1v) is 10.0. The van der Waals surface area contributed by atoms with E-state index in [2.05, 4.69) is 0 Å². The molecule has 1 unspecified atom stereocenters. The van der Waals surface area contributed by atoms with Crippen LogP contribution in [0.2, 0.25) is 0 Å². The molecule has 4 nitrogen and oxygen atoms in total. The topological polar surface area (TPSA) is 52.6 Å². The van der Waals surface area contributed by atoms with Crippen LogP contribution in [-0.2, 0) is 24.4 Å². The molecule has 0 aromatic heterocycles. The molecule has 0 fully saturated rings. The Bertz CT molecular complexity index is 437. The van der Waals surface area contributed by atoms with Crippen molar-refractivity contribution in [3.05, 3.63) is 24.3 Å². The fourth-order valence-electron chi connectivity index (χ4n) is 1.23. The van der Waals surface area contributed by atoms with Crippen molar-refractivity contribution in [1.82, 2.24) is 0 Å². The first kappa shape index (κ1) is 15.9. The molecular weight excluding hydrogens is 291 g/mol. The SMILES string of the molecule is CCOP(=O)(OCC)Sc1ccc(S(C)=O)cc1. The van der Waals surface area contributed by atoms with Gasteiger partial charge in [0.1, 0.15) is 0 Å². The zero-order chi connectivity index (χ0) is 13.6. The van der Waals surface area contributed by atoms with Gasteiger partial charge in [-0.2, -0.15) is 0 Å². The van der Waals surface area contributed by atoms with Crippen LogP contribution in [0.5, 0.6) is 0 Å². The van der Waals surface area contributed by atoms with Crippen LogP contribution >= 0.6 is 18.2 Å². The summed E-state index contributed by atoms with van der Waals surface area (Å²) in [5, 5.41) is 0. The monoisotopic (exact) mass is 308 g/mol. The van der Waals surface area contributed by atoms with Crippen LogP contribution < -0.4 is 0 Å². The minimum Gasteiger partial charge on any atom is -0.301 e. The maximum atomic E-state index is 12.3. The molecule has 0 saturated carbocycles. The molecule has 0 aliphatic rings. The van der Waals surface area contributed by atoms with Crippen molar-refractivity contribution in [2.24, 2.45) is 0 Å². The summed E-state index contributed by atoms with van der Waals surface area (Å²) in [6.07, 6.45) is 1.62. The molecule has 0 aliphatic heterocycles. The normalized spacial score (nSPS) is 13.5. The van der Waals surface area contributed by atoms with Gasteiger partial charge in [0.15, 0.2) is 0 Å². The molecule has 0 saturated heterocycles. The van der Waals surface area contributed by atoms with Crippen molar-refractivity contribution in [3.8, 4) is 0 Å². The number of rotatable bonds is 7. The fourth-order valence-corrected chi connectivity index (χ4v) is 5.16. The van der Waals surface area contributed by atoms with Crippen LogP contribution in [0.25, 0.3) is 0 Å². The van der Waals surface area contributed by atoms with E-state index in [0.717, 1.165) is 21.2 Å². The molecular formula is C11H17O4PS2. The van der Waals surface area contributed by atoms with Crippen molar-refractivity contribution in [1.29, 1.82) is 0 Å². The maximum absolute atomic E-state index is 12.3. The summed E-state index contributed by atoms with van der Waals surface area (Å²) in [7, 11) is -1.01. The summed E-state index contributed by atoms with van der Waals surface area (Å²) in [5.41, 5.74) is 0. The van der Waals surface area contributed by atoms with Crippen molar-refractivity contribution in [2.45, 2.75) is 23.6 Å². The van der Waals surface area contributed by atoms with Gasteiger partial charge in [-0.3, -0.25) is 4.21 Å². The minimum absolute atomic E-state index is 0.335. The Morgan fingerprint density at radius 3 is 2.06 bits per heavy atom. The quantitative estimate of drug-likeness (QED) is 0.719. The largest absolute Gasteiger partial charge is 0.393 e. The lowest BCUT2D eigenvalue weighted by molar-refractivity contribution is 0.237. The average molecular weight is 308 g/mol. The number of benzene rings is 1. The molecule has 0 bridgehead atoms. The van der Waals surface area contributed by atoms with Gasteiger partial charge in [0.05, 0.1) is 13.2 Å². The van der Waals surface area contributed by atoms with Gasteiger partial charge < -0.3 is 9.05 Å². The van der Waals surface area contributed by atoms with E-state index in [4.69, 9.17) is 9.05 Å². The predicted molar refractivity (Wildman–Crippen MR) is 75.5 cm³/mol. The predicted octanol–water partition coefficient (Wildman–Crippen LogP) is 3.70. The lowest BCUT2D eigenvalue weighted by Gasteiger charge is -2.15. The second-order valence-electron chi connectivity index (χ2n) is 3.30. The van der Waals surface area contributed by atoms with E-state index >= 15 is 0 Å². The third-order valence-electron chi connectivity index (χ3n) is 1.95. The van der Waals surface area contributed by atoms with Gasteiger partial charge in [-0.15, -0.1) is 0 Å². The van der Waals surface area contributed by atoms with Crippen LogP contribution in [0.4, 0.5) is 0 Å². The molecule has 7 heteroatoms. The highest BCUT2D eigenvalue weighted by atomic mass is 32.7. The van der Waals surface area contributed by atoms with Gasteiger partial charge in [-0.1, -0.05) is 0 Å². The van der Waals surface area contributed by atoms with Gasteiger partial charge in [-0.25, -0.2) is 4.57 Å². The van der Waals surface area contributed by atoms with Crippen LogP contribution in [0.15, 0.2) is 34.1 Å². The Labute approximate surface area is 114 Å². The summed E-state index contributed by atoms with van der Waals surface area (Å²) in [5.74, 6) is 0. The molecule has 102 valence electrons. The highest BCUT2D eigenvalue weighted by Crippen LogP contribution is 2.63. The van der Waals surface area contributed by atoms with E-state index in [1.165, 1.54) is 0 Å². The molecule has 0 radical (unpaired) electrons. The van der Waals surface area contributed by atoms with E-state index in [1.807, 2.05) is 0 Å². The average Bonchev–Trinajstić information content (AvgIpc) is 2.30. The Kier molecular flexibility index (Phi) is 6.60. The highest BCUT2D eigenvalue weighted by molar-refractivity contribution is 8.55. The summed E-state index contributed by atoms with van der Waals surface area (Å²) < 4.78 is 33.9. The van der Waals surface area contributed by atoms with E-state index in [1.54, 1.807) is 44.4 Å². The summed E-state index contributed by atoms with van der Waals surface area (Å²) in [6.45, 7) is 1.08. The van der Waals surface area contributed by atoms with Gasteiger partial charge in [0.2, 0.25) is 0 Å². The van der Waals surface area contributed by atoms with Crippen molar-refractivity contribution in [2.75, 3.05) is 19.5 Å². The van der Waals surface area contributed by atoms with Crippen LogP contribution in [0, 0.1) is 0 Å². The second-order valence-corrected chi connectivity index (χ2v) is 8.63. The molecule has 1 aromatic carbocycles. The molecule has 0 spiro atoms. The summed E-state index contributed by atoms with van der Waals surface area (Å²) in [4.78, 5) is 1.51. The molecule has 1 aromatic rings. The zero-order valence-corrected chi connectivity index (χ0v) is 13.1. The maximum Gasteiger partial charge on any atom is 0.393 e. The van der Waals surface area contributed by atoms with Crippen molar-refractivity contribution < 1.29 is 17.8 Å². The highest BCUT2D eigenvalue weighted by Gasteiger charge is 2.25. The molecule has 1 atom stereocenters. The Hall–Kier alpha value is -0.130. The Morgan fingerprint density at radius 1 is 1.17 bits per heavy atom. The van der Waals surface area contributed by atoms with Gasteiger partial charge in [0, 0.05) is 26.8 Å². The molecule has 0 aliphatic carbocycles. The summed E-state index contributed by atoms with van der Waals surface area (Å²) >= 11 is 1.07. The van der Waals surface area contributed by atoms with Crippen LogP contribution in [-0.4, -0.2) is 23.7 Å². The first-order valence-electron chi connectivity index (χ1n) is 5.53. The first-order chi connectivity index (χ1) is 8.50. The standard InChI is InChI=1S/C11H17O4PS2/c1-4-14-16(12,15-5-2)17-10-6-8-11(9-7-10)18(3)13/h6-9H,4-5H2,1-3H3. The number of hydrogen-bond donors (Lipinski definition) is 0. The van der Waals surface area contributed by atoms with Gasteiger partial charge >= 0.3 is 6.80 Å². The van der Waals surface area contributed by atoms with E-state index < -0.39 is 17.6 Å². The fraction of sp³-hybridized carbons (Fsp3) is 0.455. The van der Waals surface area contributed by atoms with Crippen LogP contribution in [0.1, 0.15) is 13.8 Å². The second kappa shape index (κ2) is 7.46. The minimum atomic E-state index is -3.14. The molecule has 0 N–H and O–H groups in total. The van der Waals surface area contributed by atoms with Gasteiger partial charge in [0.25, 0.3) is 0 Å². The summed E-state index contributed by atoms with van der Waals surface area (Å²) in [6, 6.07) is 7.04. The van der Waals surface area contributed by atoms with Crippen molar-refractivity contribution >= 4 is 29.0 Å².